The van der Waals surface area contributed by atoms with Crippen molar-refractivity contribution < 1.29 is 22.5 Å². The molecule has 162 valence electrons. The number of hydrogen-bond acceptors (Lipinski definition) is 6. The van der Waals surface area contributed by atoms with Crippen LogP contribution in [0.15, 0.2) is 53.3 Å². The molecule has 0 bridgehead atoms. The number of nitrogens with one attached hydrogen (secondary N) is 2. The number of aromatic nitrogens is 3. The van der Waals surface area contributed by atoms with Crippen LogP contribution >= 0.6 is 0 Å². The minimum absolute atomic E-state index is 0.167. The van der Waals surface area contributed by atoms with E-state index in [2.05, 4.69) is 25.8 Å². The number of likely N-dealkylation sites (tertiary alicyclic amines) is 1. The van der Waals surface area contributed by atoms with E-state index in [1.165, 1.54) is 12.1 Å². The Morgan fingerprint density at radius 2 is 1.87 bits per heavy atom. The topological polar surface area (TPSA) is 96.2 Å². The van der Waals surface area contributed by atoms with Gasteiger partial charge in [-0.2, -0.15) is 18.2 Å². The maximum Gasteiger partial charge on any atom is 0.416 e. The highest BCUT2D eigenvalue weighted by atomic mass is 19.4. The molecule has 1 saturated heterocycles. The molecule has 1 aliphatic heterocycles. The number of amides is 2. The van der Waals surface area contributed by atoms with Crippen molar-refractivity contribution in [3.8, 4) is 11.4 Å². The Morgan fingerprint density at radius 3 is 2.55 bits per heavy atom. The molecule has 2 atom stereocenters. The summed E-state index contributed by atoms with van der Waals surface area (Å²) in [5.41, 5.74) is 0.285. The Labute approximate surface area is 175 Å². The number of urea groups is 1. The minimum atomic E-state index is -4.42. The summed E-state index contributed by atoms with van der Waals surface area (Å²) in [5, 5.41) is 9.39. The zero-order chi connectivity index (χ0) is 22.0. The van der Waals surface area contributed by atoms with E-state index in [-0.39, 0.29) is 17.8 Å². The second kappa shape index (κ2) is 8.34. The zero-order valence-corrected chi connectivity index (χ0v) is 16.4. The summed E-state index contributed by atoms with van der Waals surface area (Å²) in [4.78, 5) is 22.7. The molecule has 1 aromatic carbocycles. The molecule has 4 rings (SSSR count). The molecule has 0 saturated carbocycles. The SMILES string of the molecule is CN1C[C@@H](NC(=O)Nc2ccc(C(F)(F)F)cc2)C[C@H]1c1nc(-c2ccncc2)no1. The summed E-state index contributed by atoms with van der Waals surface area (Å²) in [6, 6.07) is 6.97. The summed E-state index contributed by atoms with van der Waals surface area (Å²) in [7, 11) is 1.89. The van der Waals surface area contributed by atoms with Crippen LogP contribution < -0.4 is 10.6 Å². The molecule has 0 radical (unpaired) electrons. The van der Waals surface area contributed by atoms with Gasteiger partial charge in [-0.3, -0.25) is 9.88 Å². The summed E-state index contributed by atoms with van der Waals surface area (Å²) >= 11 is 0. The standard InChI is InChI=1S/C20H19F3N6O2/c1-29-11-15(26-19(30)25-14-4-2-13(3-5-14)20(21,22)23)10-16(29)18-27-17(28-31-18)12-6-8-24-9-7-12/h2-9,15-16H,10-11H2,1H3,(H2,25,26,30)/t15-,16-/m0/s1. The van der Waals surface area contributed by atoms with E-state index in [0.29, 0.717) is 24.7 Å². The zero-order valence-electron chi connectivity index (χ0n) is 16.4. The molecular formula is C20H19F3N6O2. The third kappa shape index (κ3) is 4.82. The highest BCUT2D eigenvalue weighted by Gasteiger charge is 2.35. The van der Waals surface area contributed by atoms with E-state index in [1.54, 1.807) is 24.5 Å². The van der Waals surface area contributed by atoms with Gasteiger partial charge in [-0.05, 0) is 49.9 Å². The molecule has 2 N–H and O–H groups in total. The highest BCUT2D eigenvalue weighted by molar-refractivity contribution is 5.89. The lowest BCUT2D eigenvalue weighted by Crippen LogP contribution is -2.39. The van der Waals surface area contributed by atoms with Crippen LogP contribution in [0.1, 0.15) is 23.9 Å². The number of rotatable bonds is 4. The van der Waals surface area contributed by atoms with Crippen LogP contribution in [0.2, 0.25) is 0 Å². The Kier molecular flexibility index (Phi) is 5.59. The van der Waals surface area contributed by atoms with Crippen molar-refractivity contribution in [3.63, 3.8) is 0 Å². The molecule has 0 unspecified atom stereocenters. The number of anilines is 1. The van der Waals surface area contributed by atoms with E-state index in [9.17, 15) is 18.0 Å². The second-order valence-electron chi connectivity index (χ2n) is 7.25. The molecule has 0 spiro atoms. The van der Waals surface area contributed by atoms with Crippen molar-refractivity contribution in [1.29, 1.82) is 0 Å². The molecule has 3 heterocycles. The quantitative estimate of drug-likeness (QED) is 0.653. The van der Waals surface area contributed by atoms with Crippen LogP contribution in [0.5, 0.6) is 0 Å². The molecule has 2 amide bonds. The van der Waals surface area contributed by atoms with Gasteiger partial charge in [0.05, 0.1) is 11.6 Å². The largest absolute Gasteiger partial charge is 0.416 e. The average molecular weight is 432 g/mol. The van der Waals surface area contributed by atoms with Crippen molar-refractivity contribution in [2.75, 3.05) is 18.9 Å². The van der Waals surface area contributed by atoms with E-state index >= 15 is 0 Å². The van der Waals surface area contributed by atoms with Gasteiger partial charge in [0.15, 0.2) is 0 Å². The lowest BCUT2D eigenvalue weighted by molar-refractivity contribution is -0.137. The Bertz CT molecular complexity index is 1040. The first-order valence-corrected chi connectivity index (χ1v) is 9.48. The van der Waals surface area contributed by atoms with Crippen molar-refractivity contribution >= 4 is 11.7 Å². The third-order valence-electron chi connectivity index (χ3n) is 5.02. The number of halogens is 3. The Morgan fingerprint density at radius 1 is 1.16 bits per heavy atom. The van der Waals surface area contributed by atoms with Gasteiger partial charge >= 0.3 is 12.2 Å². The Hall–Kier alpha value is -3.47. The van der Waals surface area contributed by atoms with Gasteiger partial charge < -0.3 is 15.2 Å². The summed E-state index contributed by atoms with van der Waals surface area (Å²) in [6.45, 7) is 0.554. The van der Waals surface area contributed by atoms with Gasteiger partial charge in [0.2, 0.25) is 11.7 Å². The van der Waals surface area contributed by atoms with E-state index in [0.717, 1.165) is 17.7 Å². The van der Waals surface area contributed by atoms with Gasteiger partial charge in [0.25, 0.3) is 0 Å². The predicted octanol–water partition coefficient (Wildman–Crippen LogP) is 3.72. The number of likely N-dealkylation sites (N-methyl/N-ethyl adjacent to an activating group) is 1. The smallest absolute Gasteiger partial charge is 0.337 e. The molecule has 31 heavy (non-hydrogen) atoms. The van der Waals surface area contributed by atoms with E-state index in [4.69, 9.17) is 4.52 Å². The van der Waals surface area contributed by atoms with Gasteiger partial charge in [0.1, 0.15) is 0 Å². The molecule has 1 fully saturated rings. The maximum absolute atomic E-state index is 12.6. The van der Waals surface area contributed by atoms with Crippen molar-refractivity contribution in [1.82, 2.24) is 25.3 Å². The number of nitrogens with zero attached hydrogens (tertiary/aromatic N) is 4. The number of carbonyl (C=O) groups is 1. The van der Waals surface area contributed by atoms with E-state index < -0.39 is 17.8 Å². The first kappa shape index (κ1) is 20.8. The molecule has 8 nitrogen and oxygen atoms in total. The van der Waals surface area contributed by atoms with E-state index in [1.807, 2.05) is 11.9 Å². The van der Waals surface area contributed by atoms with Gasteiger partial charge in [-0.15, -0.1) is 0 Å². The molecule has 3 aromatic rings. The predicted molar refractivity (Wildman–Crippen MR) is 105 cm³/mol. The summed E-state index contributed by atoms with van der Waals surface area (Å²) in [6.07, 6.45) is -0.588. The van der Waals surface area contributed by atoms with Crippen molar-refractivity contribution in [2.24, 2.45) is 0 Å². The molecule has 11 heteroatoms. The lowest BCUT2D eigenvalue weighted by atomic mass is 10.1. The van der Waals surface area contributed by atoms with Crippen LogP contribution in [0.25, 0.3) is 11.4 Å². The fourth-order valence-electron chi connectivity index (χ4n) is 3.48. The number of benzene rings is 1. The van der Waals surface area contributed by atoms with Gasteiger partial charge in [-0.25, -0.2) is 4.79 Å². The molecule has 2 aromatic heterocycles. The number of alkyl halides is 3. The first-order chi connectivity index (χ1) is 14.8. The summed E-state index contributed by atoms with van der Waals surface area (Å²) < 4.78 is 43.3. The normalized spacial score (nSPS) is 19.4. The fraction of sp³-hybridized carbons (Fsp3) is 0.300. The number of hydrogen-bond donors (Lipinski definition) is 2. The first-order valence-electron chi connectivity index (χ1n) is 9.48. The average Bonchev–Trinajstić information content (AvgIpc) is 3.35. The Balaban J connectivity index is 1.35. The molecule has 0 aliphatic carbocycles. The van der Waals surface area contributed by atoms with Gasteiger partial charge in [-0.1, -0.05) is 5.16 Å². The van der Waals surface area contributed by atoms with Gasteiger partial charge in [0, 0.05) is 36.2 Å². The highest BCUT2D eigenvalue weighted by Crippen LogP contribution is 2.31. The molecule has 1 aliphatic rings. The molecular weight excluding hydrogens is 413 g/mol. The van der Waals surface area contributed by atoms with Crippen molar-refractivity contribution in [2.45, 2.75) is 24.7 Å². The third-order valence-corrected chi connectivity index (χ3v) is 5.02. The number of carbonyl (C=O) groups excluding carboxylic acids is 1. The fourth-order valence-corrected chi connectivity index (χ4v) is 3.48. The minimum Gasteiger partial charge on any atom is -0.337 e. The maximum atomic E-state index is 12.6. The van der Waals surface area contributed by atoms with Crippen LogP contribution in [0.3, 0.4) is 0 Å². The van der Waals surface area contributed by atoms with Crippen LogP contribution in [0.4, 0.5) is 23.7 Å². The van der Waals surface area contributed by atoms with Crippen LogP contribution in [0, 0.1) is 0 Å². The number of pyridine rings is 1. The van der Waals surface area contributed by atoms with Crippen LogP contribution in [-0.2, 0) is 6.18 Å². The summed E-state index contributed by atoms with van der Waals surface area (Å²) in [5.74, 6) is 0.906. The van der Waals surface area contributed by atoms with Crippen LogP contribution in [-0.4, -0.2) is 45.7 Å². The van der Waals surface area contributed by atoms with Crippen molar-refractivity contribution in [3.05, 3.63) is 60.2 Å². The second-order valence-corrected chi connectivity index (χ2v) is 7.25. The monoisotopic (exact) mass is 432 g/mol. The lowest BCUT2D eigenvalue weighted by Gasteiger charge is -2.14.